The molecule has 0 aliphatic carbocycles. The minimum absolute atomic E-state index is 0.278. The molecule has 0 aliphatic heterocycles. The molecule has 1 aromatic heterocycles. The van der Waals surface area contributed by atoms with Crippen LogP contribution < -0.4 is 11.1 Å². The number of nitrogens with one attached hydrogen (secondary N) is 1. The zero-order valence-electron chi connectivity index (χ0n) is 12.0. The van der Waals surface area contributed by atoms with E-state index in [1.165, 1.54) is 0 Å². The van der Waals surface area contributed by atoms with E-state index in [1.54, 1.807) is 11.6 Å². The van der Waals surface area contributed by atoms with Crippen LogP contribution in [0.15, 0.2) is 21.1 Å². The Hall–Kier alpha value is -1.34. The van der Waals surface area contributed by atoms with Gasteiger partial charge in [0.2, 0.25) is 0 Å². The van der Waals surface area contributed by atoms with Crippen LogP contribution in [0.1, 0.15) is 28.7 Å². The van der Waals surface area contributed by atoms with Crippen LogP contribution in [0.5, 0.6) is 0 Å². The summed E-state index contributed by atoms with van der Waals surface area (Å²) < 4.78 is 3.22. The summed E-state index contributed by atoms with van der Waals surface area (Å²) in [7, 11) is 0. The standard InChI is InChI=1S/C14H16Br2N4O/c1-4-20-13(11(17)8(3)19-20)14(21)18-12-9(15)5-7(2)6-10(12)16/h5-6H,4,17H2,1-3H3,(H,18,21). The Morgan fingerprint density at radius 2 is 1.90 bits per heavy atom. The number of hydrogen-bond acceptors (Lipinski definition) is 3. The Labute approximate surface area is 140 Å². The van der Waals surface area contributed by atoms with Gasteiger partial charge in [-0.05, 0) is 70.3 Å². The summed E-state index contributed by atoms with van der Waals surface area (Å²) in [5.41, 5.74) is 9.17. The predicted octanol–water partition coefficient (Wildman–Crippen LogP) is 3.88. The maximum Gasteiger partial charge on any atom is 0.276 e. The molecular weight excluding hydrogens is 400 g/mol. The number of anilines is 2. The smallest absolute Gasteiger partial charge is 0.276 e. The van der Waals surface area contributed by atoms with Gasteiger partial charge in [0, 0.05) is 15.5 Å². The maximum atomic E-state index is 12.5. The molecule has 1 heterocycles. The number of carbonyl (C=O) groups excluding carboxylic acids is 1. The number of rotatable bonds is 3. The van der Waals surface area contributed by atoms with E-state index in [0.717, 1.165) is 14.5 Å². The van der Waals surface area contributed by atoms with Gasteiger partial charge < -0.3 is 11.1 Å². The van der Waals surface area contributed by atoms with Gasteiger partial charge in [-0.15, -0.1) is 0 Å². The second-order valence-electron chi connectivity index (χ2n) is 4.72. The Bertz CT molecular complexity index is 686. The van der Waals surface area contributed by atoms with Crippen LogP contribution in [0.25, 0.3) is 0 Å². The maximum absolute atomic E-state index is 12.5. The molecule has 7 heteroatoms. The lowest BCUT2D eigenvalue weighted by atomic mass is 10.2. The van der Waals surface area contributed by atoms with Gasteiger partial charge in [-0.2, -0.15) is 5.10 Å². The molecule has 0 aliphatic rings. The summed E-state index contributed by atoms with van der Waals surface area (Å²) in [6.45, 7) is 6.27. The van der Waals surface area contributed by atoms with E-state index in [2.05, 4.69) is 42.3 Å². The number of halogens is 2. The first-order valence-electron chi connectivity index (χ1n) is 6.45. The summed E-state index contributed by atoms with van der Waals surface area (Å²) in [6.07, 6.45) is 0. The van der Waals surface area contributed by atoms with E-state index in [9.17, 15) is 4.79 Å². The zero-order valence-corrected chi connectivity index (χ0v) is 15.2. The first kappa shape index (κ1) is 16.0. The number of benzene rings is 1. The fraction of sp³-hybridized carbons (Fsp3) is 0.286. The fourth-order valence-corrected chi connectivity index (χ4v) is 3.67. The minimum Gasteiger partial charge on any atom is -0.395 e. The molecular formula is C14H16Br2N4O. The van der Waals surface area contributed by atoms with Gasteiger partial charge in [0.05, 0.1) is 17.1 Å². The normalized spacial score (nSPS) is 10.7. The van der Waals surface area contributed by atoms with Gasteiger partial charge in [-0.1, -0.05) is 0 Å². The van der Waals surface area contributed by atoms with Crippen molar-refractivity contribution in [3.05, 3.63) is 38.0 Å². The Kier molecular flexibility index (Phi) is 4.73. The van der Waals surface area contributed by atoms with Crippen LogP contribution >= 0.6 is 31.9 Å². The second kappa shape index (κ2) is 6.19. The molecule has 0 atom stereocenters. The fourth-order valence-electron chi connectivity index (χ4n) is 2.06. The molecule has 1 aromatic carbocycles. The van der Waals surface area contributed by atoms with Crippen LogP contribution in [-0.2, 0) is 6.54 Å². The molecule has 0 saturated heterocycles. The first-order valence-corrected chi connectivity index (χ1v) is 8.03. The Balaban J connectivity index is 2.40. The molecule has 0 unspecified atom stereocenters. The molecule has 0 saturated carbocycles. The van der Waals surface area contributed by atoms with Crippen molar-refractivity contribution in [1.29, 1.82) is 0 Å². The quantitative estimate of drug-likeness (QED) is 0.798. The molecule has 21 heavy (non-hydrogen) atoms. The minimum atomic E-state index is -0.278. The molecule has 1 amide bonds. The van der Waals surface area contributed by atoms with Crippen molar-refractivity contribution in [2.24, 2.45) is 0 Å². The first-order chi connectivity index (χ1) is 9.85. The molecule has 0 radical (unpaired) electrons. The molecule has 3 N–H and O–H groups in total. The summed E-state index contributed by atoms with van der Waals surface area (Å²) >= 11 is 6.92. The lowest BCUT2D eigenvalue weighted by Gasteiger charge is -2.12. The van der Waals surface area contributed by atoms with Crippen molar-refractivity contribution in [3.8, 4) is 0 Å². The number of carbonyl (C=O) groups is 1. The summed E-state index contributed by atoms with van der Waals surface area (Å²) in [4.78, 5) is 12.5. The van der Waals surface area contributed by atoms with Crippen molar-refractivity contribution in [3.63, 3.8) is 0 Å². The van der Waals surface area contributed by atoms with Crippen molar-refractivity contribution in [2.75, 3.05) is 11.1 Å². The molecule has 5 nitrogen and oxygen atoms in total. The van der Waals surface area contributed by atoms with Crippen molar-refractivity contribution in [2.45, 2.75) is 27.3 Å². The Morgan fingerprint density at radius 3 is 2.43 bits per heavy atom. The van der Waals surface area contributed by atoms with Gasteiger partial charge in [0.25, 0.3) is 5.91 Å². The molecule has 2 rings (SSSR count). The van der Waals surface area contributed by atoms with Crippen molar-refractivity contribution in [1.82, 2.24) is 9.78 Å². The van der Waals surface area contributed by atoms with Gasteiger partial charge in [0.1, 0.15) is 5.69 Å². The van der Waals surface area contributed by atoms with Gasteiger partial charge >= 0.3 is 0 Å². The molecule has 0 spiro atoms. The highest BCUT2D eigenvalue weighted by molar-refractivity contribution is 9.11. The number of aromatic nitrogens is 2. The molecule has 112 valence electrons. The second-order valence-corrected chi connectivity index (χ2v) is 6.43. The third-order valence-electron chi connectivity index (χ3n) is 3.11. The number of nitrogens with zero attached hydrogens (tertiary/aromatic N) is 2. The number of nitrogen functional groups attached to an aromatic ring is 1. The third kappa shape index (κ3) is 3.13. The highest BCUT2D eigenvalue weighted by Crippen LogP contribution is 2.33. The summed E-state index contributed by atoms with van der Waals surface area (Å²) in [5.74, 6) is -0.278. The monoisotopic (exact) mass is 414 g/mol. The number of nitrogens with two attached hydrogens (primary N) is 1. The van der Waals surface area contributed by atoms with Gasteiger partial charge in [-0.3, -0.25) is 9.48 Å². The van der Waals surface area contributed by atoms with E-state index in [0.29, 0.717) is 29.3 Å². The van der Waals surface area contributed by atoms with Gasteiger partial charge in [0.15, 0.2) is 0 Å². The zero-order chi connectivity index (χ0) is 15.7. The lowest BCUT2D eigenvalue weighted by molar-refractivity contribution is 0.101. The molecule has 0 bridgehead atoms. The van der Waals surface area contributed by atoms with Crippen LogP contribution in [0.2, 0.25) is 0 Å². The Morgan fingerprint density at radius 1 is 1.33 bits per heavy atom. The summed E-state index contributed by atoms with van der Waals surface area (Å²) in [5, 5.41) is 7.14. The van der Waals surface area contributed by atoms with E-state index >= 15 is 0 Å². The number of hydrogen-bond donors (Lipinski definition) is 2. The van der Waals surface area contributed by atoms with E-state index in [1.807, 2.05) is 26.0 Å². The lowest BCUT2D eigenvalue weighted by Crippen LogP contribution is -2.19. The third-order valence-corrected chi connectivity index (χ3v) is 4.36. The van der Waals surface area contributed by atoms with Crippen LogP contribution in [0.4, 0.5) is 11.4 Å². The van der Waals surface area contributed by atoms with E-state index in [4.69, 9.17) is 5.73 Å². The van der Waals surface area contributed by atoms with Crippen LogP contribution in [0.3, 0.4) is 0 Å². The highest BCUT2D eigenvalue weighted by atomic mass is 79.9. The SMILES string of the molecule is CCn1nc(C)c(N)c1C(=O)Nc1c(Br)cc(C)cc1Br. The van der Waals surface area contributed by atoms with Crippen molar-refractivity contribution >= 4 is 49.1 Å². The average molecular weight is 416 g/mol. The molecule has 2 aromatic rings. The predicted molar refractivity (Wildman–Crippen MR) is 91.6 cm³/mol. The average Bonchev–Trinajstić information content (AvgIpc) is 2.69. The van der Waals surface area contributed by atoms with Gasteiger partial charge in [-0.25, -0.2) is 0 Å². The van der Waals surface area contributed by atoms with Crippen LogP contribution in [-0.4, -0.2) is 15.7 Å². The largest absolute Gasteiger partial charge is 0.395 e. The van der Waals surface area contributed by atoms with Crippen LogP contribution in [0, 0.1) is 13.8 Å². The topological polar surface area (TPSA) is 72.9 Å². The van der Waals surface area contributed by atoms with E-state index in [-0.39, 0.29) is 5.91 Å². The number of amides is 1. The highest BCUT2D eigenvalue weighted by Gasteiger charge is 2.20. The van der Waals surface area contributed by atoms with E-state index < -0.39 is 0 Å². The molecule has 0 fully saturated rings. The summed E-state index contributed by atoms with van der Waals surface area (Å²) in [6, 6.07) is 3.87. The van der Waals surface area contributed by atoms with Crippen molar-refractivity contribution < 1.29 is 4.79 Å². The number of aryl methyl sites for hydroxylation is 3.